The molecule has 3 aromatic rings. The molecule has 2 N–H and O–H groups in total. The number of benzene rings is 2. The average molecular weight is 410 g/mol. The number of halogens is 1. The molecule has 0 saturated carbocycles. The molecular formula is C21H16ClN3O4. The number of fused-ring (bicyclic) bond motifs is 1. The molecule has 0 bridgehead atoms. The summed E-state index contributed by atoms with van der Waals surface area (Å²) in [4.78, 5) is 36.5. The first kappa shape index (κ1) is 18.9. The van der Waals surface area contributed by atoms with Gasteiger partial charge in [0.25, 0.3) is 0 Å². The van der Waals surface area contributed by atoms with Crippen molar-refractivity contribution in [2.75, 3.05) is 5.32 Å². The van der Waals surface area contributed by atoms with Crippen molar-refractivity contribution in [3.05, 3.63) is 75.9 Å². The van der Waals surface area contributed by atoms with Crippen molar-refractivity contribution in [2.24, 2.45) is 0 Å². The van der Waals surface area contributed by atoms with E-state index in [1.165, 1.54) is 16.8 Å². The molecule has 1 aliphatic rings. The van der Waals surface area contributed by atoms with E-state index in [4.69, 9.17) is 16.7 Å². The van der Waals surface area contributed by atoms with Gasteiger partial charge in [-0.25, -0.2) is 9.48 Å². The third-order valence-corrected chi connectivity index (χ3v) is 5.16. The van der Waals surface area contributed by atoms with Gasteiger partial charge in [-0.15, -0.1) is 0 Å². The Hall–Kier alpha value is -3.45. The number of aromatic nitrogens is 2. The first-order valence-corrected chi connectivity index (χ1v) is 9.26. The molecule has 0 spiro atoms. The fourth-order valence-corrected chi connectivity index (χ4v) is 3.64. The number of aryl methyl sites for hydroxylation is 1. The summed E-state index contributed by atoms with van der Waals surface area (Å²) in [6, 6.07) is 12.7. The van der Waals surface area contributed by atoms with E-state index in [0.29, 0.717) is 33.3 Å². The molecule has 2 heterocycles. The zero-order chi connectivity index (χ0) is 20.7. The van der Waals surface area contributed by atoms with Crippen molar-refractivity contribution in [2.45, 2.75) is 19.3 Å². The molecule has 1 aliphatic heterocycles. The lowest BCUT2D eigenvalue weighted by Gasteiger charge is -2.23. The second-order valence-electron chi connectivity index (χ2n) is 6.79. The number of hydrogen-bond acceptors (Lipinski definition) is 4. The molecule has 1 amide bonds. The van der Waals surface area contributed by atoms with Crippen LogP contribution < -0.4 is 5.32 Å². The molecule has 146 valence electrons. The predicted molar refractivity (Wildman–Crippen MR) is 107 cm³/mol. The van der Waals surface area contributed by atoms with E-state index in [2.05, 4.69) is 10.4 Å². The van der Waals surface area contributed by atoms with Gasteiger partial charge >= 0.3 is 5.97 Å². The van der Waals surface area contributed by atoms with Crippen LogP contribution in [0.1, 0.15) is 44.3 Å². The van der Waals surface area contributed by atoms with Gasteiger partial charge in [-0.1, -0.05) is 11.6 Å². The maximum absolute atomic E-state index is 13.1. The lowest BCUT2D eigenvalue weighted by molar-refractivity contribution is -0.116. The van der Waals surface area contributed by atoms with Crippen LogP contribution >= 0.6 is 11.6 Å². The fourth-order valence-electron chi connectivity index (χ4n) is 3.52. The number of amides is 1. The topological polar surface area (TPSA) is 101 Å². The number of rotatable bonds is 4. The van der Waals surface area contributed by atoms with Crippen molar-refractivity contribution in [3.8, 4) is 5.69 Å². The molecule has 2 aromatic carbocycles. The quantitative estimate of drug-likeness (QED) is 0.637. The highest BCUT2D eigenvalue weighted by atomic mass is 35.5. The number of carbonyl (C=O) groups is 3. The number of carboxylic acid groups (broad SMARTS) is 1. The van der Waals surface area contributed by atoms with Crippen LogP contribution in [0.25, 0.3) is 5.69 Å². The molecule has 0 aliphatic carbocycles. The minimum absolute atomic E-state index is 0.0267. The summed E-state index contributed by atoms with van der Waals surface area (Å²) < 4.78 is 1.52. The van der Waals surface area contributed by atoms with Gasteiger partial charge in [-0.05, 0) is 55.5 Å². The lowest BCUT2D eigenvalue weighted by atomic mass is 9.85. The smallest absolute Gasteiger partial charge is 0.335 e. The Morgan fingerprint density at radius 1 is 1.10 bits per heavy atom. The normalized spacial score (nSPS) is 15.5. The number of ketones is 1. The van der Waals surface area contributed by atoms with Crippen molar-refractivity contribution >= 4 is 35.1 Å². The van der Waals surface area contributed by atoms with Crippen LogP contribution in [0.5, 0.6) is 0 Å². The Morgan fingerprint density at radius 2 is 1.72 bits per heavy atom. The number of nitrogens with zero attached hydrogens (tertiary/aromatic N) is 2. The van der Waals surface area contributed by atoms with Gasteiger partial charge in [0.05, 0.1) is 22.9 Å². The van der Waals surface area contributed by atoms with Gasteiger partial charge in [0.2, 0.25) is 5.91 Å². The van der Waals surface area contributed by atoms with Gasteiger partial charge in [-0.2, -0.15) is 5.10 Å². The summed E-state index contributed by atoms with van der Waals surface area (Å²) in [6.45, 7) is 1.78. The fraction of sp³-hybridized carbons (Fsp3) is 0.143. The Morgan fingerprint density at radius 3 is 2.34 bits per heavy atom. The molecule has 1 aromatic heterocycles. The zero-order valence-corrected chi connectivity index (χ0v) is 16.1. The van der Waals surface area contributed by atoms with E-state index < -0.39 is 11.9 Å². The minimum Gasteiger partial charge on any atom is -0.478 e. The Bertz CT molecular complexity index is 1130. The van der Waals surface area contributed by atoms with Crippen LogP contribution in [-0.2, 0) is 4.79 Å². The Kier molecular flexibility index (Phi) is 4.68. The van der Waals surface area contributed by atoms with Crippen LogP contribution in [0.15, 0.2) is 48.5 Å². The van der Waals surface area contributed by atoms with Gasteiger partial charge in [-0.3, -0.25) is 9.59 Å². The number of aromatic carboxylic acids is 1. The third-order valence-electron chi connectivity index (χ3n) is 4.91. The van der Waals surface area contributed by atoms with Gasteiger partial charge < -0.3 is 10.4 Å². The molecule has 0 radical (unpaired) electrons. The first-order chi connectivity index (χ1) is 13.8. The molecule has 7 nitrogen and oxygen atoms in total. The summed E-state index contributed by atoms with van der Waals surface area (Å²) in [6.07, 6.45) is 0.0267. The molecule has 8 heteroatoms. The zero-order valence-electron chi connectivity index (χ0n) is 15.3. The van der Waals surface area contributed by atoms with Crippen LogP contribution in [0.2, 0.25) is 5.02 Å². The second kappa shape index (κ2) is 7.18. The summed E-state index contributed by atoms with van der Waals surface area (Å²) >= 11 is 5.91. The number of carbonyl (C=O) groups excluding carboxylic acids is 2. The molecule has 1 atom stereocenters. The highest BCUT2D eigenvalue weighted by Gasteiger charge is 2.36. The van der Waals surface area contributed by atoms with E-state index in [1.807, 2.05) is 0 Å². The number of carboxylic acids is 1. The predicted octanol–water partition coefficient (Wildman–Crippen LogP) is 3.84. The van der Waals surface area contributed by atoms with E-state index in [-0.39, 0.29) is 23.7 Å². The van der Waals surface area contributed by atoms with Crippen molar-refractivity contribution in [3.63, 3.8) is 0 Å². The van der Waals surface area contributed by atoms with Crippen LogP contribution in [0.3, 0.4) is 0 Å². The number of anilines is 1. The molecular weight excluding hydrogens is 394 g/mol. The largest absolute Gasteiger partial charge is 0.478 e. The number of nitrogens with one attached hydrogen (secondary N) is 1. The summed E-state index contributed by atoms with van der Waals surface area (Å²) in [7, 11) is 0. The van der Waals surface area contributed by atoms with E-state index >= 15 is 0 Å². The molecule has 4 rings (SSSR count). The maximum Gasteiger partial charge on any atom is 0.335 e. The van der Waals surface area contributed by atoms with Crippen LogP contribution in [0, 0.1) is 6.92 Å². The first-order valence-electron chi connectivity index (χ1n) is 8.88. The minimum atomic E-state index is -1.03. The van der Waals surface area contributed by atoms with Gasteiger partial charge in [0, 0.05) is 22.6 Å². The summed E-state index contributed by atoms with van der Waals surface area (Å²) in [5.41, 5.74) is 2.48. The van der Waals surface area contributed by atoms with E-state index in [0.717, 1.165) is 0 Å². The number of hydrogen-bond donors (Lipinski definition) is 2. The molecule has 0 fully saturated rings. The maximum atomic E-state index is 13.1. The SMILES string of the molecule is Cc1nn(-c2ccc(C(=O)O)cc2)c2c1C(C(=O)c1ccc(Cl)cc1)CC(=O)N2. The molecule has 0 saturated heterocycles. The van der Waals surface area contributed by atoms with Gasteiger partial charge in [0.15, 0.2) is 5.78 Å². The van der Waals surface area contributed by atoms with Gasteiger partial charge in [0.1, 0.15) is 5.82 Å². The van der Waals surface area contributed by atoms with Crippen LogP contribution in [-0.4, -0.2) is 32.5 Å². The molecule has 29 heavy (non-hydrogen) atoms. The van der Waals surface area contributed by atoms with Crippen molar-refractivity contribution in [1.29, 1.82) is 0 Å². The number of Topliss-reactive ketones (excluding diaryl/α,β-unsaturated/α-hetero) is 1. The highest BCUT2D eigenvalue weighted by Crippen LogP contribution is 2.38. The van der Waals surface area contributed by atoms with E-state index in [9.17, 15) is 14.4 Å². The van der Waals surface area contributed by atoms with E-state index in [1.54, 1.807) is 43.3 Å². The van der Waals surface area contributed by atoms with Crippen molar-refractivity contribution < 1.29 is 19.5 Å². The third kappa shape index (κ3) is 3.40. The summed E-state index contributed by atoms with van der Waals surface area (Å²) in [5, 5.41) is 16.9. The monoisotopic (exact) mass is 409 g/mol. The lowest BCUT2D eigenvalue weighted by Crippen LogP contribution is -2.28. The second-order valence-corrected chi connectivity index (χ2v) is 7.22. The standard InChI is InChI=1S/C21H16ClN3O4/c1-11-18-16(19(27)12-2-6-14(22)7-3-12)10-17(26)23-20(18)25(24-11)15-8-4-13(5-9-15)21(28)29/h2-9,16H,10H2,1H3,(H,23,26)(H,28,29). The molecule has 1 unspecified atom stereocenters. The average Bonchev–Trinajstić information content (AvgIpc) is 3.03. The Balaban J connectivity index is 1.78. The van der Waals surface area contributed by atoms with Crippen molar-refractivity contribution in [1.82, 2.24) is 9.78 Å². The highest BCUT2D eigenvalue weighted by molar-refractivity contribution is 6.30. The summed E-state index contributed by atoms with van der Waals surface area (Å²) in [5.74, 6) is -1.73. The Labute approximate surface area is 170 Å². The van der Waals surface area contributed by atoms with Crippen LogP contribution in [0.4, 0.5) is 5.82 Å².